The minimum Gasteiger partial charge on any atom is -0.710 e. The molecule has 1 saturated heterocycles. The number of carbonyl (C=O) groups is 1. The smallest absolute Gasteiger partial charge is 0.333 e. The first-order chi connectivity index (χ1) is 17.5. The molecule has 0 N–H and O–H groups in total. The average Bonchev–Trinajstić information content (AvgIpc) is 3.39. The zero-order valence-electron chi connectivity index (χ0n) is 19.9. The zero-order chi connectivity index (χ0) is 25.1. The topological polar surface area (TPSA) is 103 Å². The monoisotopic (exact) mass is 491 g/mol. The predicted octanol–water partition coefficient (Wildman–Crippen LogP) is 2.05. The van der Waals surface area contributed by atoms with E-state index >= 15 is 0 Å². The van der Waals surface area contributed by atoms with Crippen LogP contribution in [0.5, 0.6) is 0 Å². The quantitative estimate of drug-likeness (QED) is 0.221. The van der Waals surface area contributed by atoms with Gasteiger partial charge in [-0.3, -0.25) is 9.69 Å². The van der Waals surface area contributed by atoms with Crippen molar-refractivity contribution in [3.05, 3.63) is 71.6 Å². The number of carbonyl (C=O) groups excluding carboxylic acids is 1. The summed E-state index contributed by atoms with van der Waals surface area (Å²) in [6.07, 6.45) is 5.00. The first kappa shape index (κ1) is 23.8. The fourth-order valence-electron chi connectivity index (χ4n) is 4.34. The Morgan fingerprint density at radius 2 is 1.94 bits per heavy atom. The molecule has 0 saturated carbocycles. The molecule has 186 valence electrons. The molecule has 0 spiro atoms. The number of pyridine rings is 2. The van der Waals surface area contributed by atoms with E-state index in [0.717, 1.165) is 44.5 Å². The van der Waals surface area contributed by atoms with Gasteiger partial charge in [0.25, 0.3) is 5.91 Å². The number of piperazine rings is 1. The summed E-state index contributed by atoms with van der Waals surface area (Å²) < 4.78 is 20.8. The largest absolute Gasteiger partial charge is 0.710 e. The third kappa shape index (κ3) is 5.02. The van der Waals surface area contributed by atoms with Gasteiger partial charge in [0.15, 0.2) is 12.0 Å². The molecule has 0 radical (unpaired) electrons. The Kier molecular flexibility index (Phi) is 6.83. The molecule has 1 fully saturated rings. The van der Waals surface area contributed by atoms with E-state index in [1.807, 2.05) is 4.90 Å². The van der Waals surface area contributed by atoms with E-state index in [9.17, 15) is 14.4 Å². The highest BCUT2D eigenvalue weighted by Gasteiger charge is 2.22. The highest BCUT2D eigenvalue weighted by molar-refractivity contribution is 5.94. The SMILES string of the molecule is COCCCN1CCN(C(=O)c2ccc(-n3cc(-c4cc5cc(F)cnc5[n+]([O-])c4)nn3)cc2)CC1. The van der Waals surface area contributed by atoms with Gasteiger partial charge in [0.05, 0.1) is 17.3 Å². The number of nitrogens with zero attached hydrogens (tertiary/aromatic N) is 7. The van der Waals surface area contributed by atoms with Crippen molar-refractivity contribution in [3.8, 4) is 16.9 Å². The molecule has 1 aromatic carbocycles. The van der Waals surface area contributed by atoms with Gasteiger partial charge in [-0.05, 0) is 47.8 Å². The van der Waals surface area contributed by atoms with Crippen LogP contribution in [0.15, 0.2) is 55.0 Å². The van der Waals surface area contributed by atoms with E-state index in [-0.39, 0.29) is 11.6 Å². The molecule has 0 atom stereocenters. The minimum absolute atomic E-state index is 0.00868. The van der Waals surface area contributed by atoms with Crippen molar-refractivity contribution in [2.24, 2.45) is 0 Å². The van der Waals surface area contributed by atoms with Gasteiger partial charge >= 0.3 is 5.65 Å². The molecular formula is C25H26FN7O3. The summed E-state index contributed by atoms with van der Waals surface area (Å²) in [6.45, 7) is 4.84. The fourth-order valence-corrected chi connectivity index (χ4v) is 4.34. The molecule has 36 heavy (non-hydrogen) atoms. The fraction of sp³-hybridized carbons (Fsp3) is 0.320. The number of methoxy groups -OCH3 is 1. The number of hydrogen-bond donors (Lipinski definition) is 0. The molecule has 0 unspecified atom stereocenters. The normalized spacial score (nSPS) is 14.4. The van der Waals surface area contributed by atoms with E-state index < -0.39 is 5.82 Å². The number of fused-ring (bicyclic) bond motifs is 1. The van der Waals surface area contributed by atoms with Crippen LogP contribution in [0, 0.1) is 11.0 Å². The van der Waals surface area contributed by atoms with Gasteiger partial charge in [0, 0.05) is 57.6 Å². The third-order valence-electron chi connectivity index (χ3n) is 6.29. The van der Waals surface area contributed by atoms with Crippen LogP contribution in [0.25, 0.3) is 28.0 Å². The van der Waals surface area contributed by atoms with Crippen LogP contribution in [0.3, 0.4) is 0 Å². The number of aromatic nitrogens is 5. The zero-order valence-corrected chi connectivity index (χ0v) is 19.9. The highest BCUT2D eigenvalue weighted by atomic mass is 19.1. The van der Waals surface area contributed by atoms with Gasteiger partial charge in [0.1, 0.15) is 11.9 Å². The van der Waals surface area contributed by atoms with E-state index in [1.165, 1.54) is 12.3 Å². The van der Waals surface area contributed by atoms with Crippen molar-refractivity contribution in [3.63, 3.8) is 0 Å². The lowest BCUT2D eigenvalue weighted by molar-refractivity contribution is -0.578. The van der Waals surface area contributed by atoms with Gasteiger partial charge in [-0.1, -0.05) is 5.21 Å². The molecule has 1 amide bonds. The van der Waals surface area contributed by atoms with Gasteiger partial charge in [-0.2, -0.15) is 0 Å². The number of rotatable bonds is 7. The lowest BCUT2D eigenvalue weighted by atomic mass is 10.1. The lowest BCUT2D eigenvalue weighted by Gasteiger charge is -2.34. The number of amides is 1. The molecular weight excluding hydrogens is 465 g/mol. The van der Waals surface area contributed by atoms with Crippen molar-refractivity contribution in [2.45, 2.75) is 6.42 Å². The van der Waals surface area contributed by atoms with Crippen molar-refractivity contribution in [1.29, 1.82) is 0 Å². The van der Waals surface area contributed by atoms with Crippen LogP contribution in [-0.2, 0) is 4.74 Å². The molecule has 1 aliphatic rings. The van der Waals surface area contributed by atoms with Crippen LogP contribution in [0.1, 0.15) is 16.8 Å². The summed E-state index contributed by atoms with van der Waals surface area (Å²) in [6, 6.07) is 10.1. The van der Waals surface area contributed by atoms with E-state index in [1.54, 1.807) is 48.3 Å². The maximum absolute atomic E-state index is 13.6. The van der Waals surface area contributed by atoms with Crippen LogP contribution in [0.2, 0.25) is 0 Å². The third-order valence-corrected chi connectivity index (χ3v) is 6.29. The Hall–Kier alpha value is -3.96. The summed E-state index contributed by atoms with van der Waals surface area (Å²) >= 11 is 0. The van der Waals surface area contributed by atoms with E-state index in [2.05, 4.69) is 20.2 Å². The Morgan fingerprint density at radius 1 is 1.17 bits per heavy atom. The van der Waals surface area contributed by atoms with Crippen LogP contribution < -0.4 is 4.73 Å². The summed E-state index contributed by atoms with van der Waals surface area (Å²) in [5, 5.41) is 21.0. The number of benzene rings is 1. The van der Waals surface area contributed by atoms with Crippen molar-refractivity contribution < 1.29 is 18.7 Å². The van der Waals surface area contributed by atoms with Crippen molar-refractivity contribution >= 4 is 16.9 Å². The summed E-state index contributed by atoms with van der Waals surface area (Å²) in [5.41, 5.74) is 2.40. The molecule has 4 heterocycles. The standard InChI is InChI=1S/C25H26FN7O3/c1-36-12-2-7-30-8-10-31(11-9-30)25(34)18-3-5-22(6-4-18)32-17-23(28-29-32)20-13-19-14-21(26)15-27-24(19)33(35)16-20/h3-6,13-17H,2,7-12H2,1H3. The molecule has 4 aromatic rings. The van der Waals surface area contributed by atoms with Gasteiger partial charge in [-0.25, -0.2) is 13.8 Å². The van der Waals surface area contributed by atoms with Crippen molar-refractivity contribution in [1.82, 2.24) is 29.8 Å². The predicted molar refractivity (Wildman–Crippen MR) is 130 cm³/mol. The second kappa shape index (κ2) is 10.3. The first-order valence-corrected chi connectivity index (χ1v) is 11.7. The van der Waals surface area contributed by atoms with Crippen LogP contribution in [0.4, 0.5) is 4.39 Å². The molecule has 5 rings (SSSR count). The summed E-state index contributed by atoms with van der Waals surface area (Å²) in [5.74, 6) is -0.517. The molecule has 0 aliphatic carbocycles. The van der Waals surface area contributed by atoms with Gasteiger partial charge in [-0.15, -0.1) is 5.10 Å². The average molecular weight is 492 g/mol. The summed E-state index contributed by atoms with van der Waals surface area (Å²) in [7, 11) is 1.71. The minimum atomic E-state index is -0.526. The summed E-state index contributed by atoms with van der Waals surface area (Å²) in [4.78, 5) is 21.0. The molecule has 1 aliphatic heterocycles. The molecule has 3 aromatic heterocycles. The Bertz CT molecular complexity index is 1370. The molecule has 10 nitrogen and oxygen atoms in total. The highest BCUT2D eigenvalue weighted by Crippen LogP contribution is 2.21. The van der Waals surface area contributed by atoms with E-state index in [4.69, 9.17) is 4.74 Å². The Morgan fingerprint density at radius 3 is 2.69 bits per heavy atom. The van der Waals surface area contributed by atoms with Gasteiger partial charge < -0.3 is 14.8 Å². The second-order valence-electron chi connectivity index (χ2n) is 8.70. The lowest BCUT2D eigenvalue weighted by Crippen LogP contribution is -2.48. The van der Waals surface area contributed by atoms with E-state index in [0.29, 0.717) is 40.0 Å². The van der Waals surface area contributed by atoms with Crippen LogP contribution >= 0.6 is 0 Å². The number of halogens is 1. The Balaban J connectivity index is 1.26. The van der Waals surface area contributed by atoms with Crippen LogP contribution in [-0.4, -0.2) is 82.1 Å². The second-order valence-corrected chi connectivity index (χ2v) is 8.70. The molecule has 11 heteroatoms. The number of hydrogen-bond acceptors (Lipinski definition) is 7. The maximum atomic E-state index is 13.6. The molecule has 0 bridgehead atoms. The van der Waals surface area contributed by atoms with Gasteiger partial charge in [0.2, 0.25) is 0 Å². The Labute approximate surface area is 207 Å². The number of ether oxygens (including phenoxy) is 1. The first-order valence-electron chi connectivity index (χ1n) is 11.7. The van der Waals surface area contributed by atoms with Crippen molar-refractivity contribution in [2.75, 3.05) is 46.4 Å². The maximum Gasteiger partial charge on any atom is 0.333 e.